The van der Waals surface area contributed by atoms with E-state index in [0.29, 0.717) is 23.0 Å². The zero-order valence-corrected chi connectivity index (χ0v) is 13.1. The van der Waals surface area contributed by atoms with Crippen LogP contribution < -0.4 is 10.6 Å². The van der Waals surface area contributed by atoms with Gasteiger partial charge in [-0.05, 0) is 18.6 Å². The van der Waals surface area contributed by atoms with Crippen molar-refractivity contribution >= 4 is 17.5 Å². The van der Waals surface area contributed by atoms with Crippen LogP contribution in [0.15, 0.2) is 30.6 Å². The molecule has 0 amide bonds. The molecule has 7 heteroatoms. The summed E-state index contributed by atoms with van der Waals surface area (Å²) in [7, 11) is 0. The molecule has 0 bridgehead atoms. The Labute approximate surface area is 135 Å². The molecule has 0 atom stereocenters. The molecule has 3 N–H and O–H groups in total. The Balaban J connectivity index is 2.23. The number of unbranched alkanes of at least 4 members (excludes halogenated alkanes) is 1. The van der Waals surface area contributed by atoms with Crippen LogP contribution in [-0.2, 0) is 4.79 Å². The monoisotopic (exact) mass is 315 g/mol. The van der Waals surface area contributed by atoms with Crippen molar-refractivity contribution in [3.63, 3.8) is 0 Å². The van der Waals surface area contributed by atoms with Crippen LogP contribution in [-0.4, -0.2) is 45.5 Å². The van der Waals surface area contributed by atoms with E-state index in [-0.39, 0.29) is 12.3 Å². The molecule has 0 spiro atoms. The highest BCUT2D eigenvalue weighted by Crippen LogP contribution is 2.24. The van der Waals surface area contributed by atoms with Gasteiger partial charge in [0.1, 0.15) is 12.4 Å². The molecule has 0 aliphatic rings. The van der Waals surface area contributed by atoms with Gasteiger partial charge in [-0.25, -0.2) is 4.98 Å². The molecule has 0 aromatic carbocycles. The fourth-order valence-corrected chi connectivity index (χ4v) is 1.93. The van der Waals surface area contributed by atoms with Gasteiger partial charge in [0, 0.05) is 18.9 Å². The number of anilines is 2. The van der Waals surface area contributed by atoms with Crippen molar-refractivity contribution < 1.29 is 9.90 Å². The minimum Gasteiger partial charge on any atom is -0.389 e. The molecule has 2 rings (SSSR count). The minimum absolute atomic E-state index is 0.00173. The van der Waals surface area contributed by atoms with Crippen LogP contribution in [0.1, 0.15) is 19.8 Å². The second-order valence-electron chi connectivity index (χ2n) is 5.00. The highest BCUT2D eigenvalue weighted by Gasteiger charge is 2.11. The first-order valence-corrected chi connectivity index (χ1v) is 7.63. The molecule has 7 nitrogen and oxygen atoms in total. The first kappa shape index (κ1) is 16.8. The van der Waals surface area contributed by atoms with Gasteiger partial charge in [0.2, 0.25) is 5.95 Å². The van der Waals surface area contributed by atoms with Gasteiger partial charge >= 0.3 is 0 Å². The second-order valence-corrected chi connectivity index (χ2v) is 5.00. The molecule has 0 fully saturated rings. The molecular formula is C16H21N5O2. The van der Waals surface area contributed by atoms with E-state index in [1.807, 2.05) is 18.2 Å². The Hall–Kier alpha value is -2.54. The van der Waals surface area contributed by atoms with Crippen molar-refractivity contribution in [3.05, 3.63) is 30.6 Å². The van der Waals surface area contributed by atoms with Crippen LogP contribution in [0.25, 0.3) is 11.3 Å². The minimum atomic E-state index is -0.501. The predicted octanol–water partition coefficient (Wildman–Crippen LogP) is 1.72. The number of carbonyl (C=O) groups excluding carboxylic acids is 1. The van der Waals surface area contributed by atoms with Gasteiger partial charge in [0.05, 0.1) is 17.8 Å². The van der Waals surface area contributed by atoms with E-state index in [1.165, 1.54) is 0 Å². The van der Waals surface area contributed by atoms with E-state index >= 15 is 0 Å². The molecule has 0 radical (unpaired) electrons. The number of hydrogen-bond acceptors (Lipinski definition) is 7. The van der Waals surface area contributed by atoms with Gasteiger partial charge in [-0.3, -0.25) is 9.78 Å². The summed E-state index contributed by atoms with van der Waals surface area (Å²) in [4.78, 5) is 24.3. The summed E-state index contributed by atoms with van der Waals surface area (Å²) >= 11 is 0. The average Bonchev–Trinajstić information content (AvgIpc) is 2.60. The van der Waals surface area contributed by atoms with Crippen LogP contribution in [0.2, 0.25) is 0 Å². The van der Waals surface area contributed by atoms with Crippen molar-refractivity contribution in [2.75, 3.05) is 30.3 Å². The summed E-state index contributed by atoms with van der Waals surface area (Å²) in [5.74, 6) is 0.702. The average molecular weight is 315 g/mol. The Morgan fingerprint density at radius 3 is 2.83 bits per heavy atom. The third-order valence-electron chi connectivity index (χ3n) is 3.17. The number of aliphatic hydroxyl groups excluding tert-OH is 1. The number of hydrogen-bond donors (Lipinski definition) is 3. The Kier molecular flexibility index (Phi) is 6.43. The van der Waals surface area contributed by atoms with Crippen LogP contribution in [0.4, 0.5) is 11.8 Å². The molecule has 122 valence electrons. The van der Waals surface area contributed by atoms with Crippen molar-refractivity contribution in [1.82, 2.24) is 15.0 Å². The van der Waals surface area contributed by atoms with Crippen molar-refractivity contribution in [3.8, 4) is 11.3 Å². The van der Waals surface area contributed by atoms with E-state index in [2.05, 4.69) is 32.5 Å². The number of nitrogens with one attached hydrogen (secondary N) is 2. The molecule has 2 aromatic rings. The topological polar surface area (TPSA) is 100 Å². The fraction of sp³-hybridized carbons (Fsp3) is 0.375. The maximum atomic E-state index is 11.3. The zero-order chi connectivity index (χ0) is 16.5. The van der Waals surface area contributed by atoms with Crippen molar-refractivity contribution in [2.24, 2.45) is 0 Å². The molecule has 0 unspecified atom stereocenters. The maximum absolute atomic E-state index is 11.3. The zero-order valence-electron chi connectivity index (χ0n) is 13.1. The lowest BCUT2D eigenvalue weighted by molar-refractivity contribution is -0.120. The number of pyridine rings is 1. The van der Waals surface area contributed by atoms with Crippen LogP contribution in [0.5, 0.6) is 0 Å². The number of ketones is 1. The first-order chi connectivity index (χ1) is 11.2. The smallest absolute Gasteiger partial charge is 0.224 e. The molecule has 2 aromatic heterocycles. The van der Waals surface area contributed by atoms with Gasteiger partial charge in [-0.1, -0.05) is 19.4 Å². The second kappa shape index (κ2) is 8.79. The molecule has 0 aliphatic carbocycles. The Morgan fingerprint density at radius 1 is 1.26 bits per heavy atom. The Morgan fingerprint density at radius 2 is 2.13 bits per heavy atom. The number of aliphatic hydroxyl groups is 1. The predicted molar refractivity (Wildman–Crippen MR) is 89.2 cm³/mol. The highest BCUT2D eigenvalue weighted by atomic mass is 16.3. The first-order valence-electron chi connectivity index (χ1n) is 7.63. The lowest BCUT2D eigenvalue weighted by Crippen LogP contribution is -2.18. The summed E-state index contributed by atoms with van der Waals surface area (Å²) in [5, 5.41) is 15.0. The van der Waals surface area contributed by atoms with Gasteiger partial charge in [-0.2, -0.15) is 4.98 Å². The fourth-order valence-electron chi connectivity index (χ4n) is 1.93. The van der Waals surface area contributed by atoms with Crippen molar-refractivity contribution in [1.29, 1.82) is 0 Å². The molecule has 0 aliphatic heterocycles. The molecule has 0 saturated carbocycles. The number of Topliss-reactive ketones (excluding diaryl/α,β-unsaturated/α-hetero) is 1. The van der Waals surface area contributed by atoms with E-state index in [9.17, 15) is 4.79 Å². The standard InChI is InChI=1S/C16H21N5O2/c1-2-3-7-18-16-20-10-13(14-6-4-5-8-17-14)15(21-16)19-9-12(23)11-22/h4-6,8,10,22H,2-3,7,9,11H2,1H3,(H2,18,19,20,21). The summed E-state index contributed by atoms with van der Waals surface area (Å²) in [6.45, 7) is 2.40. The molecule has 23 heavy (non-hydrogen) atoms. The van der Waals surface area contributed by atoms with Crippen molar-refractivity contribution in [2.45, 2.75) is 19.8 Å². The van der Waals surface area contributed by atoms with Crippen LogP contribution in [0.3, 0.4) is 0 Å². The van der Waals surface area contributed by atoms with Gasteiger partial charge < -0.3 is 15.7 Å². The quantitative estimate of drug-likeness (QED) is 0.606. The normalized spacial score (nSPS) is 10.3. The SMILES string of the molecule is CCCCNc1ncc(-c2ccccn2)c(NCC(=O)CO)n1. The molecule has 0 saturated heterocycles. The largest absolute Gasteiger partial charge is 0.389 e. The summed E-state index contributed by atoms with van der Waals surface area (Å²) in [6.07, 6.45) is 5.47. The third-order valence-corrected chi connectivity index (χ3v) is 3.17. The number of carbonyl (C=O) groups is 1. The van der Waals surface area contributed by atoms with Gasteiger partial charge in [0.15, 0.2) is 5.78 Å². The van der Waals surface area contributed by atoms with E-state index in [4.69, 9.17) is 5.11 Å². The summed E-state index contributed by atoms with van der Waals surface area (Å²) < 4.78 is 0. The maximum Gasteiger partial charge on any atom is 0.224 e. The van der Waals surface area contributed by atoms with Crippen LogP contribution in [0, 0.1) is 0 Å². The summed E-state index contributed by atoms with van der Waals surface area (Å²) in [5.41, 5.74) is 1.42. The highest BCUT2D eigenvalue weighted by molar-refractivity contribution is 5.85. The third kappa shape index (κ3) is 5.00. The molecule has 2 heterocycles. The van der Waals surface area contributed by atoms with Crippen LogP contribution >= 0.6 is 0 Å². The number of aromatic nitrogens is 3. The molecular weight excluding hydrogens is 294 g/mol. The lowest BCUT2D eigenvalue weighted by atomic mass is 10.2. The van der Waals surface area contributed by atoms with Gasteiger partial charge in [-0.15, -0.1) is 0 Å². The summed E-state index contributed by atoms with van der Waals surface area (Å²) in [6, 6.07) is 5.55. The van der Waals surface area contributed by atoms with Gasteiger partial charge in [0.25, 0.3) is 0 Å². The number of nitrogens with zero attached hydrogens (tertiary/aromatic N) is 3. The number of rotatable bonds is 9. The van der Waals surface area contributed by atoms with E-state index < -0.39 is 6.61 Å². The lowest BCUT2D eigenvalue weighted by Gasteiger charge is -2.12. The Bertz CT molecular complexity index is 634. The van der Waals surface area contributed by atoms with E-state index in [0.717, 1.165) is 19.4 Å². The van der Waals surface area contributed by atoms with E-state index in [1.54, 1.807) is 12.4 Å².